The van der Waals surface area contributed by atoms with Crippen LogP contribution in [0.2, 0.25) is 0 Å². The molecule has 2 aromatic rings. The van der Waals surface area contributed by atoms with Crippen LogP contribution in [0.15, 0.2) is 48.5 Å². The Morgan fingerprint density at radius 3 is 2.13 bits per heavy atom. The van der Waals surface area contributed by atoms with Gasteiger partial charge in [-0.15, -0.1) is 0 Å². The summed E-state index contributed by atoms with van der Waals surface area (Å²) in [5.74, 6) is 0.0601. The van der Waals surface area contributed by atoms with E-state index in [2.05, 4.69) is 6.07 Å². The van der Waals surface area contributed by atoms with E-state index in [1.807, 2.05) is 36.4 Å². The number of nitrogens with zero attached hydrogens (tertiary/aromatic N) is 1. The van der Waals surface area contributed by atoms with Crippen molar-refractivity contribution in [3.05, 3.63) is 54.1 Å². The quantitative estimate of drug-likeness (QED) is 0.740. The van der Waals surface area contributed by atoms with Crippen molar-refractivity contribution in [2.45, 2.75) is 25.7 Å². The molecule has 0 aliphatic heterocycles. The molecule has 4 nitrogen and oxygen atoms in total. The van der Waals surface area contributed by atoms with Gasteiger partial charge in [0.05, 0.1) is 18.2 Å². The predicted molar refractivity (Wildman–Crippen MR) is 88.2 cm³/mol. The monoisotopic (exact) mass is 309 g/mol. The summed E-state index contributed by atoms with van der Waals surface area (Å²) in [6, 6.07) is 17.4. The van der Waals surface area contributed by atoms with Gasteiger partial charge in [-0.3, -0.25) is 4.79 Å². The Balaban J connectivity index is 1.80. The molecule has 0 saturated carbocycles. The summed E-state index contributed by atoms with van der Waals surface area (Å²) in [6.45, 7) is 0.593. The van der Waals surface area contributed by atoms with E-state index in [1.54, 1.807) is 12.1 Å². The molecular weight excluding hydrogens is 290 g/mol. The zero-order chi connectivity index (χ0) is 16.5. The molecule has 0 radical (unpaired) electrons. The van der Waals surface area contributed by atoms with E-state index in [1.165, 1.54) is 0 Å². The highest BCUT2D eigenvalue weighted by Gasteiger charge is 2.00. The van der Waals surface area contributed by atoms with Gasteiger partial charge in [0.2, 0.25) is 0 Å². The van der Waals surface area contributed by atoms with E-state index in [4.69, 9.17) is 15.1 Å². The van der Waals surface area contributed by atoms with Gasteiger partial charge in [0.15, 0.2) is 0 Å². The van der Waals surface area contributed by atoms with Gasteiger partial charge in [0.25, 0.3) is 0 Å². The largest absolute Gasteiger partial charge is 0.494 e. The van der Waals surface area contributed by atoms with Crippen molar-refractivity contribution >= 4 is 5.97 Å². The van der Waals surface area contributed by atoms with Gasteiger partial charge in [-0.05, 0) is 54.7 Å². The highest BCUT2D eigenvalue weighted by Crippen LogP contribution is 2.23. The molecule has 0 unspecified atom stereocenters. The van der Waals surface area contributed by atoms with Crippen molar-refractivity contribution in [1.29, 1.82) is 5.26 Å². The van der Waals surface area contributed by atoms with E-state index < -0.39 is 5.97 Å². The third-order valence-electron chi connectivity index (χ3n) is 3.51. The van der Waals surface area contributed by atoms with Crippen molar-refractivity contribution in [3.8, 4) is 22.9 Å². The molecule has 0 aromatic heterocycles. The molecule has 0 spiro atoms. The average Bonchev–Trinajstić information content (AvgIpc) is 2.58. The second kappa shape index (κ2) is 8.60. The van der Waals surface area contributed by atoms with Crippen LogP contribution in [0.1, 0.15) is 31.2 Å². The highest BCUT2D eigenvalue weighted by atomic mass is 16.5. The topological polar surface area (TPSA) is 70.3 Å². The fourth-order valence-corrected chi connectivity index (χ4v) is 2.23. The van der Waals surface area contributed by atoms with Crippen molar-refractivity contribution in [3.63, 3.8) is 0 Å². The highest BCUT2D eigenvalue weighted by molar-refractivity contribution is 5.66. The maximum absolute atomic E-state index is 10.4. The third kappa shape index (κ3) is 5.48. The Morgan fingerprint density at radius 1 is 0.957 bits per heavy atom. The van der Waals surface area contributed by atoms with Crippen LogP contribution in [0, 0.1) is 11.3 Å². The van der Waals surface area contributed by atoms with E-state index in [-0.39, 0.29) is 6.42 Å². The number of hydrogen-bond donors (Lipinski definition) is 1. The number of unbranched alkanes of at least 4 members (excludes halogenated alkanes) is 2. The Kier molecular flexibility index (Phi) is 6.19. The summed E-state index contributed by atoms with van der Waals surface area (Å²) in [6.07, 6.45) is 2.62. The first-order chi connectivity index (χ1) is 11.2. The van der Waals surface area contributed by atoms with Gasteiger partial charge in [0, 0.05) is 6.42 Å². The molecule has 0 fully saturated rings. The number of carboxylic acid groups (broad SMARTS) is 1. The SMILES string of the molecule is N#Cc1ccc(-c2ccc(OCCCCCC(=O)O)cc2)cc1. The second-order valence-corrected chi connectivity index (χ2v) is 5.27. The fraction of sp³-hybridized carbons (Fsp3) is 0.263. The molecule has 0 aliphatic rings. The number of carbonyl (C=O) groups is 1. The average molecular weight is 309 g/mol. The first kappa shape index (κ1) is 16.6. The van der Waals surface area contributed by atoms with Crippen LogP contribution in [-0.2, 0) is 4.79 Å². The van der Waals surface area contributed by atoms with E-state index in [0.29, 0.717) is 18.6 Å². The number of nitriles is 1. The number of carboxylic acids is 1. The number of benzene rings is 2. The van der Waals surface area contributed by atoms with Crippen molar-refractivity contribution in [1.82, 2.24) is 0 Å². The van der Waals surface area contributed by atoms with Crippen molar-refractivity contribution in [2.24, 2.45) is 0 Å². The van der Waals surface area contributed by atoms with Crippen LogP contribution < -0.4 is 4.74 Å². The van der Waals surface area contributed by atoms with Gasteiger partial charge in [-0.2, -0.15) is 5.26 Å². The maximum atomic E-state index is 10.4. The Bertz CT molecular complexity index is 669. The van der Waals surface area contributed by atoms with E-state index >= 15 is 0 Å². The molecule has 0 atom stereocenters. The van der Waals surface area contributed by atoms with E-state index in [9.17, 15) is 4.79 Å². The van der Waals surface area contributed by atoms with Gasteiger partial charge < -0.3 is 9.84 Å². The molecule has 4 heteroatoms. The van der Waals surface area contributed by atoms with Crippen LogP contribution >= 0.6 is 0 Å². The van der Waals surface area contributed by atoms with Crippen molar-refractivity contribution < 1.29 is 14.6 Å². The molecule has 0 saturated heterocycles. The van der Waals surface area contributed by atoms with Crippen molar-refractivity contribution in [2.75, 3.05) is 6.61 Å². The first-order valence-corrected chi connectivity index (χ1v) is 7.64. The summed E-state index contributed by atoms with van der Waals surface area (Å²) >= 11 is 0. The van der Waals surface area contributed by atoms with Crippen LogP contribution in [0.3, 0.4) is 0 Å². The summed E-state index contributed by atoms with van der Waals surface area (Å²) in [5, 5.41) is 17.4. The summed E-state index contributed by atoms with van der Waals surface area (Å²) in [4.78, 5) is 10.4. The van der Waals surface area contributed by atoms with Gasteiger partial charge in [-0.25, -0.2) is 0 Å². The minimum absolute atomic E-state index is 0.222. The molecular formula is C19H19NO3. The lowest BCUT2D eigenvalue weighted by molar-refractivity contribution is -0.137. The van der Waals surface area contributed by atoms with E-state index in [0.717, 1.165) is 29.7 Å². The zero-order valence-electron chi connectivity index (χ0n) is 12.9. The second-order valence-electron chi connectivity index (χ2n) is 5.27. The van der Waals surface area contributed by atoms with Crippen LogP contribution in [0.4, 0.5) is 0 Å². The standard InChI is InChI=1S/C19H19NO3/c20-14-15-5-7-16(8-6-15)17-9-11-18(12-10-17)23-13-3-1-2-4-19(21)22/h5-12H,1-4,13H2,(H,21,22). The molecule has 0 amide bonds. The smallest absolute Gasteiger partial charge is 0.303 e. The van der Waals surface area contributed by atoms with Crippen LogP contribution in [0.25, 0.3) is 11.1 Å². The maximum Gasteiger partial charge on any atom is 0.303 e. The minimum Gasteiger partial charge on any atom is -0.494 e. The molecule has 2 aromatic carbocycles. The lowest BCUT2D eigenvalue weighted by Gasteiger charge is -2.07. The molecule has 0 aliphatic carbocycles. The normalized spacial score (nSPS) is 10.0. The molecule has 2 rings (SSSR count). The molecule has 1 N–H and O–H groups in total. The molecule has 0 bridgehead atoms. The summed E-state index contributed by atoms with van der Waals surface area (Å²) in [5.41, 5.74) is 2.78. The molecule has 0 heterocycles. The number of hydrogen-bond acceptors (Lipinski definition) is 3. The zero-order valence-corrected chi connectivity index (χ0v) is 12.9. The number of rotatable bonds is 8. The Morgan fingerprint density at radius 2 is 1.57 bits per heavy atom. The summed E-state index contributed by atoms with van der Waals surface area (Å²) in [7, 11) is 0. The number of aliphatic carboxylic acids is 1. The van der Waals surface area contributed by atoms with Crippen LogP contribution in [-0.4, -0.2) is 17.7 Å². The molecule has 23 heavy (non-hydrogen) atoms. The van der Waals surface area contributed by atoms with Gasteiger partial charge in [-0.1, -0.05) is 24.3 Å². The third-order valence-corrected chi connectivity index (χ3v) is 3.51. The predicted octanol–water partition coefficient (Wildman–Crippen LogP) is 4.25. The molecule has 118 valence electrons. The van der Waals surface area contributed by atoms with Gasteiger partial charge in [0.1, 0.15) is 5.75 Å². The Labute approximate surface area is 136 Å². The fourth-order valence-electron chi connectivity index (χ4n) is 2.23. The number of ether oxygens (including phenoxy) is 1. The van der Waals surface area contributed by atoms with Crippen LogP contribution in [0.5, 0.6) is 5.75 Å². The van der Waals surface area contributed by atoms with Gasteiger partial charge >= 0.3 is 5.97 Å². The summed E-state index contributed by atoms with van der Waals surface area (Å²) < 4.78 is 5.65. The lowest BCUT2D eigenvalue weighted by atomic mass is 10.0. The Hall–Kier alpha value is -2.80. The lowest BCUT2D eigenvalue weighted by Crippen LogP contribution is -1.99. The first-order valence-electron chi connectivity index (χ1n) is 7.64. The minimum atomic E-state index is -0.746.